The van der Waals surface area contributed by atoms with Crippen molar-refractivity contribution >= 4 is 77.0 Å². The average molecular weight is 1150 g/mol. The highest BCUT2D eigenvalue weighted by Gasteiger charge is 2.37. The Morgan fingerprint density at radius 3 is 1.56 bits per heavy atom. The number of hydrogen-bond donors (Lipinski definition) is 19. The molecule has 1 aromatic carbocycles. The van der Waals surface area contributed by atoms with Crippen molar-refractivity contribution in [2.45, 2.75) is 133 Å². The molecule has 0 unspecified atom stereocenters. The molecule has 448 valence electrons. The van der Waals surface area contributed by atoms with Crippen LogP contribution < -0.4 is 58.9 Å². The molecule has 0 saturated carbocycles. The number of benzene rings is 1. The minimum atomic E-state index is -2.02. The minimum absolute atomic E-state index is 0.0196. The number of H-pyrrole nitrogens is 1. The van der Waals surface area contributed by atoms with Gasteiger partial charge in [0.2, 0.25) is 59.1 Å². The van der Waals surface area contributed by atoms with Crippen LogP contribution >= 0.6 is 0 Å². The molecule has 10 amide bonds. The van der Waals surface area contributed by atoms with E-state index in [0.29, 0.717) is 11.3 Å². The lowest BCUT2D eigenvalue weighted by molar-refractivity contribution is -0.144. The molecule has 0 bridgehead atoms. The molecule has 0 radical (unpaired) electrons. The van der Waals surface area contributed by atoms with Crippen LogP contribution in [0, 0.1) is 5.92 Å². The Morgan fingerprint density at radius 1 is 0.543 bits per heavy atom. The van der Waals surface area contributed by atoms with Gasteiger partial charge < -0.3 is 99.6 Å². The number of amides is 10. The van der Waals surface area contributed by atoms with Gasteiger partial charge in [0.25, 0.3) is 0 Å². The van der Waals surface area contributed by atoms with Crippen molar-refractivity contribution < 1.29 is 98.1 Å². The largest absolute Gasteiger partial charge is 0.481 e. The first-order valence-corrected chi connectivity index (χ1v) is 25.0. The summed E-state index contributed by atoms with van der Waals surface area (Å²) >= 11 is 0. The predicted octanol–water partition coefficient (Wildman–Crippen LogP) is -8.15. The number of aliphatic hydroxyl groups is 4. The van der Waals surface area contributed by atoms with E-state index in [-0.39, 0.29) is 25.2 Å². The molecule has 1 heterocycles. The highest BCUT2D eigenvalue weighted by molar-refractivity contribution is 5.99. The van der Waals surface area contributed by atoms with Crippen LogP contribution in [0.1, 0.15) is 64.6 Å². The van der Waals surface area contributed by atoms with E-state index in [1.54, 1.807) is 32.0 Å². The second-order valence-corrected chi connectivity index (χ2v) is 18.8. The quantitative estimate of drug-likeness (QED) is 0.0301. The second kappa shape index (κ2) is 34.4. The smallest absolute Gasteiger partial charge is 0.328 e. The number of nitrogens with one attached hydrogen (secondary N) is 11. The summed E-state index contributed by atoms with van der Waals surface area (Å²) in [7, 11) is 0. The van der Waals surface area contributed by atoms with E-state index in [4.69, 9.17) is 5.73 Å². The van der Waals surface area contributed by atoms with Crippen molar-refractivity contribution in [3.05, 3.63) is 54.1 Å². The summed E-state index contributed by atoms with van der Waals surface area (Å²) in [5.41, 5.74) is 6.72. The number of nitrogens with zero attached hydrogens (tertiary/aromatic N) is 1. The maximum Gasteiger partial charge on any atom is 0.328 e. The zero-order valence-electron chi connectivity index (χ0n) is 44.5. The fourth-order valence-electron chi connectivity index (χ4n) is 7.25. The Labute approximate surface area is 462 Å². The average Bonchev–Trinajstić information content (AvgIpc) is 3.91. The Hall–Kier alpha value is -8.66. The molecule has 2 rings (SSSR count). The van der Waals surface area contributed by atoms with Gasteiger partial charge in [0.05, 0.1) is 63.0 Å². The van der Waals surface area contributed by atoms with E-state index < -0.39 is 189 Å². The van der Waals surface area contributed by atoms with Gasteiger partial charge in [0, 0.05) is 25.5 Å². The molecule has 33 heteroatoms. The molecule has 2 aromatic rings. The van der Waals surface area contributed by atoms with Gasteiger partial charge in [-0.3, -0.25) is 57.5 Å². The number of hydrogen-bond acceptors (Lipinski definition) is 19. The zero-order chi connectivity index (χ0) is 61.1. The molecule has 33 nitrogen and oxygen atoms in total. The lowest BCUT2D eigenvalue weighted by Crippen LogP contribution is -2.63. The molecule has 0 aliphatic heterocycles. The lowest BCUT2D eigenvalue weighted by atomic mass is 10.0. The van der Waals surface area contributed by atoms with Crippen LogP contribution in [-0.2, 0) is 75.2 Å². The third-order valence-corrected chi connectivity index (χ3v) is 11.5. The van der Waals surface area contributed by atoms with Gasteiger partial charge in [0.1, 0.15) is 48.3 Å². The van der Waals surface area contributed by atoms with Crippen LogP contribution in [0.15, 0.2) is 42.9 Å². The van der Waals surface area contributed by atoms with E-state index in [1.807, 2.05) is 10.6 Å². The predicted molar refractivity (Wildman–Crippen MR) is 276 cm³/mol. The number of carboxylic acids is 3. The van der Waals surface area contributed by atoms with Crippen LogP contribution in [-0.4, -0.2) is 216 Å². The summed E-state index contributed by atoms with van der Waals surface area (Å²) < 4.78 is 0. The van der Waals surface area contributed by atoms with E-state index >= 15 is 0 Å². The minimum Gasteiger partial charge on any atom is -0.481 e. The van der Waals surface area contributed by atoms with Crippen LogP contribution in [0.3, 0.4) is 0 Å². The Bertz CT molecular complexity index is 2500. The summed E-state index contributed by atoms with van der Waals surface area (Å²) in [6, 6.07) is -7.69. The number of rotatable bonds is 36. The first-order valence-electron chi connectivity index (χ1n) is 25.0. The normalized spacial score (nSPS) is 15.1. The van der Waals surface area contributed by atoms with E-state index in [0.717, 1.165) is 13.8 Å². The van der Waals surface area contributed by atoms with Gasteiger partial charge in [-0.1, -0.05) is 44.2 Å². The summed E-state index contributed by atoms with van der Waals surface area (Å²) in [4.78, 5) is 174. The summed E-state index contributed by atoms with van der Waals surface area (Å²) in [5.74, 6) is -16.3. The number of carboxylic acid groups (broad SMARTS) is 3. The Balaban J connectivity index is 2.24. The number of carbonyl (C=O) groups excluding carboxylic acids is 10. The molecular formula is C48H71N13O20. The fourth-order valence-corrected chi connectivity index (χ4v) is 7.25. The number of aliphatic carboxylic acids is 3. The summed E-state index contributed by atoms with van der Waals surface area (Å²) in [6.45, 7) is 1.50. The molecule has 0 fully saturated rings. The third-order valence-electron chi connectivity index (χ3n) is 11.5. The van der Waals surface area contributed by atoms with Gasteiger partial charge in [-0.25, -0.2) is 9.78 Å². The van der Waals surface area contributed by atoms with E-state index in [9.17, 15) is 98.1 Å². The van der Waals surface area contributed by atoms with Crippen molar-refractivity contribution in [1.82, 2.24) is 63.1 Å². The van der Waals surface area contributed by atoms with E-state index in [2.05, 4.69) is 52.5 Å². The van der Waals surface area contributed by atoms with Crippen LogP contribution in [0.5, 0.6) is 0 Å². The molecule has 0 saturated heterocycles. The van der Waals surface area contributed by atoms with Gasteiger partial charge >= 0.3 is 17.9 Å². The molecule has 1 aromatic heterocycles. The number of aromatic nitrogens is 2. The van der Waals surface area contributed by atoms with Crippen LogP contribution in [0.25, 0.3) is 0 Å². The monoisotopic (exact) mass is 1150 g/mol. The summed E-state index contributed by atoms with van der Waals surface area (Å²) in [6.07, 6.45) is -3.33. The van der Waals surface area contributed by atoms with E-state index in [1.165, 1.54) is 24.7 Å². The Kier molecular flexibility index (Phi) is 29.0. The number of imidazole rings is 1. The number of nitrogens with two attached hydrogens (primary N) is 1. The summed E-state index contributed by atoms with van der Waals surface area (Å²) in [5, 5.41) is 90.7. The van der Waals surface area contributed by atoms with Gasteiger partial charge in [0.15, 0.2) is 0 Å². The molecule has 0 spiro atoms. The third kappa shape index (κ3) is 24.9. The zero-order valence-corrected chi connectivity index (χ0v) is 44.5. The standard InChI is InChI=1S/C48H71N13O20/c1-22(2)12-29(42(74)59-33(20-63)48(80)81)55-43(75)31(15-37(70)71)56-45(77)32(19-62)58-47(79)39(24(4)65)61-44(76)30(13-25-8-6-5-7-9-25)57-46(78)38(23(3)64)60-35(67)18-52-41(73)28(10-11-36(68)69)54-34(66)17-51-40(72)27(49)14-26-16-50-21-53-26/h5-9,16,21-24,27-33,38-39,62-65H,10-15,17-20,49H2,1-4H3,(H,50,53)(H,51,72)(H,52,73)(H,54,66)(H,55,75)(H,56,77)(H,57,78)(H,58,79)(H,59,74)(H,60,67)(H,61,76)(H,68,69)(H,70,71)(H,80,81)/t23-,24-,27+,28+,29+,30+,31+,32+,33+,38+,39+/m1/s1. The second-order valence-electron chi connectivity index (χ2n) is 18.8. The SMILES string of the molecule is CC(C)C[C@H](NC(=O)[C@H](CC(=O)O)NC(=O)[C@H](CO)NC(=O)[C@@H](NC(=O)[C@H](Cc1ccccc1)NC(=O)[C@@H](NC(=O)CNC(=O)[C@H](CCC(=O)O)NC(=O)CNC(=O)[C@@H](N)Cc1c[nH]cn1)[C@@H](C)O)[C@@H](C)O)C(=O)N[C@@H](CO)C(=O)O. The Morgan fingerprint density at radius 2 is 1.04 bits per heavy atom. The van der Waals surface area contributed by atoms with Crippen molar-refractivity contribution in [2.24, 2.45) is 11.7 Å². The maximum absolute atomic E-state index is 14.0. The lowest BCUT2D eigenvalue weighted by Gasteiger charge is -2.28. The molecule has 81 heavy (non-hydrogen) atoms. The van der Waals surface area contributed by atoms with Crippen LogP contribution in [0.4, 0.5) is 0 Å². The molecule has 0 aliphatic carbocycles. The van der Waals surface area contributed by atoms with Crippen molar-refractivity contribution in [3.63, 3.8) is 0 Å². The first-order chi connectivity index (χ1) is 38.1. The highest BCUT2D eigenvalue weighted by atomic mass is 16.4. The topological polar surface area (TPSA) is 539 Å². The van der Waals surface area contributed by atoms with Crippen molar-refractivity contribution in [1.29, 1.82) is 0 Å². The molecule has 0 aliphatic rings. The first kappa shape index (κ1) is 68.4. The molecule has 20 N–H and O–H groups in total. The fraction of sp³-hybridized carbons (Fsp3) is 0.542. The number of aromatic amines is 1. The van der Waals surface area contributed by atoms with Gasteiger partial charge in [-0.05, 0) is 38.2 Å². The highest BCUT2D eigenvalue weighted by Crippen LogP contribution is 2.10. The molecule has 11 atom stereocenters. The van der Waals surface area contributed by atoms with Crippen molar-refractivity contribution in [3.8, 4) is 0 Å². The maximum atomic E-state index is 14.0. The number of aliphatic hydroxyl groups excluding tert-OH is 4. The van der Waals surface area contributed by atoms with Crippen molar-refractivity contribution in [2.75, 3.05) is 26.3 Å². The van der Waals surface area contributed by atoms with Gasteiger partial charge in [-0.2, -0.15) is 0 Å². The van der Waals surface area contributed by atoms with Crippen LogP contribution in [0.2, 0.25) is 0 Å². The van der Waals surface area contributed by atoms with Gasteiger partial charge in [-0.15, -0.1) is 0 Å². The molecular weight excluding hydrogens is 1080 g/mol. The number of carbonyl (C=O) groups is 13.